The van der Waals surface area contributed by atoms with Crippen molar-refractivity contribution in [3.8, 4) is 0 Å². The van der Waals surface area contributed by atoms with Crippen LogP contribution in [0.5, 0.6) is 0 Å². The van der Waals surface area contributed by atoms with E-state index in [1.165, 1.54) is 5.56 Å². The van der Waals surface area contributed by atoms with Crippen LogP contribution in [0, 0.1) is 5.92 Å². The molecule has 0 aliphatic heterocycles. The van der Waals surface area contributed by atoms with Gasteiger partial charge in [0.2, 0.25) is 0 Å². The average Bonchev–Trinajstić information content (AvgIpc) is 2.41. The number of hydrogen-bond acceptors (Lipinski definition) is 4. The molecule has 0 bridgehead atoms. The van der Waals surface area contributed by atoms with Gasteiger partial charge >= 0.3 is 0 Å². The van der Waals surface area contributed by atoms with Crippen LogP contribution in [0.2, 0.25) is 0 Å². The molecular formula is C16H21N3O. The lowest BCUT2D eigenvalue weighted by molar-refractivity contribution is 0.151. The van der Waals surface area contributed by atoms with E-state index in [0.29, 0.717) is 24.5 Å². The molecule has 1 aliphatic carbocycles. The summed E-state index contributed by atoms with van der Waals surface area (Å²) in [5, 5.41) is 13.7. The molecule has 1 saturated carbocycles. The molecule has 3 rings (SSSR count). The molecule has 20 heavy (non-hydrogen) atoms. The Kier molecular flexibility index (Phi) is 3.57. The quantitative estimate of drug-likeness (QED) is 0.897. The van der Waals surface area contributed by atoms with Gasteiger partial charge < -0.3 is 10.4 Å². The van der Waals surface area contributed by atoms with Crippen LogP contribution in [-0.2, 0) is 0 Å². The summed E-state index contributed by atoms with van der Waals surface area (Å²) in [7, 11) is 0. The van der Waals surface area contributed by atoms with Crippen molar-refractivity contribution >= 4 is 16.7 Å². The molecule has 2 aromatic rings. The normalized spacial score (nSPS) is 22.0. The van der Waals surface area contributed by atoms with Crippen molar-refractivity contribution in [3.63, 3.8) is 0 Å². The number of anilines is 1. The van der Waals surface area contributed by atoms with E-state index in [1.54, 1.807) is 6.33 Å². The molecule has 0 amide bonds. The summed E-state index contributed by atoms with van der Waals surface area (Å²) in [5.41, 5.74) is 2.28. The SMILES string of the molecule is CC(C)c1ccc2ncnc(NC3CC(CO)C3)c2c1. The first-order chi connectivity index (χ1) is 9.67. The number of aliphatic hydroxyl groups is 1. The third kappa shape index (κ3) is 2.48. The van der Waals surface area contributed by atoms with Crippen LogP contribution in [-0.4, -0.2) is 27.7 Å². The first-order valence-corrected chi connectivity index (χ1v) is 7.29. The zero-order chi connectivity index (χ0) is 14.1. The molecule has 1 aromatic heterocycles. The van der Waals surface area contributed by atoms with Crippen LogP contribution in [0.4, 0.5) is 5.82 Å². The van der Waals surface area contributed by atoms with Crippen molar-refractivity contribution in [2.45, 2.75) is 38.6 Å². The molecule has 0 radical (unpaired) electrons. The van der Waals surface area contributed by atoms with Gasteiger partial charge in [-0.25, -0.2) is 9.97 Å². The Morgan fingerprint density at radius 3 is 2.80 bits per heavy atom. The number of fused-ring (bicyclic) bond motifs is 1. The van der Waals surface area contributed by atoms with E-state index in [0.717, 1.165) is 29.6 Å². The summed E-state index contributed by atoms with van der Waals surface area (Å²) in [6.07, 6.45) is 3.65. The van der Waals surface area contributed by atoms with Gasteiger partial charge in [-0.05, 0) is 42.4 Å². The standard InChI is InChI=1S/C16H21N3O/c1-10(2)12-3-4-15-14(7-12)16(18-9-17-15)19-13-5-11(6-13)8-20/h3-4,7,9-11,13,20H,5-6,8H2,1-2H3,(H,17,18,19). The maximum atomic E-state index is 9.09. The number of aliphatic hydroxyl groups excluding tert-OH is 1. The fraction of sp³-hybridized carbons (Fsp3) is 0.500. The fourth-order valence-electron chi connectivity index (χ4n) is 2.74. The molecule has 0 saturated heterocycles. The summed E-state index contributed by atoms with van der Waals surface area (Å²) in [6, 6.07) is 6.81. The molecule has 1 fully saturated rings. The van der Waals surface area contributed by atoms with Crippen LogP contribution in [0.3, 0.4) is 0 Å². The van der Waals surface area contributed by atoms with E-state index in [2.05, 4.69) is 47.3 Å². The van der Waals surface area contributed by atoms with Crippen LogP contribution < -0.4 is 5.32 Å². The number of rotatable bonds is 4. The summed E-state index contributed by atoms with van der Waals surface area (Å²) >= 11 is 0. The van der Waals surface area contributed by atoms with Crippen LogP contribution in [0.15, 0.2) is 24.5 Å². The van der Waals surface area contributed by atoms with Crippen LogP contribution in [0.1, 0.15) is 38.2 Å². The van der Waals surface area contributed by atoms with Gasteiger partial charge in [-0.2, -0.15) is 0 Å². The van der Waals surface area contributed by atoms with Crippen molar-refractivity contribution in [1.82, 2.24) is 9.97 Å². The molecule has 2 N–H and O–H groups in total. The number of aromatic nitrogens is 2. The molecule has 0 atom stereocenters. The Labute approximate surface area is 119 Å². The van der Waals surface area contributed by atoms with Gasteiger partial charge in [0.25, 0.3) is 0 Å². The highest BCUT2D eigenvalue weighted by Gasteiger charge is 2.28. The van der Waals surface area contributed by atoms with E-state index in [4.69, 9.17) is 5.11 Å². The lowest BCUT2D eigenvalue weighted by atomic mass is 9.81. The van der Waals surface area contributed by atoms with Gasteiger partial charge in [0.1, 0.15) is 12.1 Å². The minimum Gasteiger partial charge on any atom is -0.396 e. The van der Waals surface area contributed by atoms with Crippen molar-refractivity contribution < 1.29 is 5.11 Å². The highest BCUT2D eigenvalue weighted by Crippen LogP contribution is 2.31. The highest BCUT2D eigenvalue weighted by atomic mass is 16.3. The lowest BCUT2D eigenvalue weighted by Crippen LogP contribution is -2.37. The number of nitrogens with zero attached hydrogens (tertiary/aromatic N) is 2. The number of nitrogens with one attached hydrogen (secondary N) is 1. The fourth-order valence-corrected chi connectivity index (χ4v) is 2.74. The Bertz CT molecular complexity index is 606. The topological polar surface area (TPSA) is 58.0 Å². The van der Waals surface area contributed by atoms with Gasteiger partial charge in [-0.3, -0.25) is 0 Å². The van der Waals surface area contributed by atoms with Gasteiger partial charge in [0, 0.05) is 18.0 Å². The second-order valence-corrected chi connectivity index (χ2v) is 6.01. The predicted molar refractivity (Wildman–Crippen MR) is 80.8 cm³/mol. The van der Waals surface area contributed by atoms with Crippen LogP contribution in [0.25, 0.3) is 10.9 Å². The molecule has 1 aliphatic rings. The van der Waals surface area contributed by atoms with Crippen molar-refractivity contribution in [3.05, 3.63) is 30.1 Å². The van der Waals surface area contributed by atoms with E-state index < -0.39 is 0 Å². The number of benzene rings is 1. The second kappa shape index (κ2) is 5.37. The Morgan fingerprint density at radius 1 is 1.30 bits per heavy atom. The predicted octanol–water partition coefficient (Wildman–Crippen LogP) is 2.94. The Morgan fingerprint density at radius 2 is 2.10 bits per heavy atom. The third-order valence-electron chi connectivity index (χ3n) is 4.16. The molecular weight excluding hydrogens is 250 g/mol. The van der Waals surface area contributed by atoms with Crippen molar-refractivity contribution in [2.75, 3.05) is 11.9 Å². The monoisotopic (exact) mass is 271 g/mol. The summed E-state index contributed by atoms with van der Waals surface area (Å²) in [5.74, 6) is 1.86. The van der Waals surface area contributed by atoms with Gasteiger partial charge in [-0.15, -0.1) is 0 Å². The largest absolute Gasteiger partial charge is 0.396 e. The smallest absolute Gasteiger partial charge is 0.137 e. The zero-order valence-electron chi connectivity index (χ0n) is 12.0. The van der Waals surface area contributed by atoms with E-state index >= 15 is 0 Å². The summed E-state index contributed by atoms with van der Waals surface area (Å²) in [6.45, 7) is 4.67. The third-order valence-corrected chi connectivity index (χ3v) is 4.16. The lowest BCUT2D eigenvalue weighted by Gasteiger charge is -2.35. The molecule has 1 heterocycles. The molecule has 4 nitrogen and oxygen atoms in total. The molecule has 106 valence electrons. The minimum absolute atomic E-state index is 0.292. The zero-order valence-corrected chi connectivity index (χ0v) is 12.0. The van der Waals surface area contributed by atoms with Gasteiger partial charge in [-0.1, -0.05) is 19.9 Å². The Hall–Kier alpha value is -1.68. The van der Waals surface area contributed by atoms with E-state index in [-0.39, 0.29) is 0 Å². The molecule has 0 unspecified atom stereocenters. The van der Waals surface area contributed by atoms with E-state index in [1.807, 2.05) is 0 Å². The maximum Gasteiger partial charge on any atom is 0.137 e. The average molecular weight is 271 g/mol. The molecule has 1 aromatic carbocycles. The van der Waals surface area contributed by atoms with Crippen LogP contribution >= 0.6 is 0 Å². The maximum absolute atomic E-state index is 9.09. The van der Waals surface area contributed by atoms with Crippen molar-refractivity contribution in [2.24, 2.45) is 5.92 Å². The summed E-state index contributed by atoms with van der Waals surface area (Å²) in [4.78, 5) is 8.73. The highest BCUT2D eigenvalue weighted by molar-refractivity contribution is 5.89. The first kappa shape index (κ1) is 13.3. The van der Waals surface area contributed by atoms with E-state index in [9.17, 15) is 0 Å². The Balaban J connectivity index is 1.88. The number of hydrogen-bond donors (Lipinski definition) is 2. The van der Waals surface area contributed by atoms with Gasteiger partial charge in [0.05, 0.1) is 5.52 Å². The first-order valence-electron chi connectivity index (χ1n) is 7.29. The van der Waals surface area contributed by atoms with Gasteiger partial charge in [0.15, 0.2) is 0 Å². The van der Waals surface area contributed by atoms with Crippen molar-refractivity contribution in [1.29, 1.82) is 0 Å². The minimum atomic E-state index is 0.292. The molecule has 0 spiro atoms. The summed E-state index contributed by atoms with van der Waals surface area (Å²) < 4.78 is 0. The molecule has 4 heteroatoms. The second-order valence-electron chi connectivity index (χ2n) is 6.01.